The lowest BCUT2D eigenvalue weighted by Gasteiger charge is -2.34. The molecule has 2 aliphatic rings. The fourth-order valence-corrected chi connectivity index (χ4v) is 4.27. The van der Waals surface area contributed by atoms with E-state index in [0.717, 1.165) is 32.6 Å². The minimum Gasteiger partial charge on any atom is -0.301 e. The van der Waals surface area contributed by atoms with Gasteiger partial charge in [0, 0.05) is 31.5 Å². The maximum atomic E-state index is 12.3. The van der Waals surface area contributed by atoms with E-state index in [4.69, 9.17) is 0 Å². The van der Waals surface area contributed by atoms with Gasteiger partial charge in [0.2, 0.25) is 0 Å². The Balaban J connectivity index is 1.87. The number of carbonyl (C=O) groups excluding carboxylic acids is 1. The fourth-order valence-electron chi connectivity index (χ4n) is 4.27. The van der Waals surface area contributed by atoms with Crippen LogP contribution in [0.1, 0.15) is 47.0 Å². The van der Waals surface area contributed by atoms with Gasteiger partial charge in [0.1, 0.15) is 5.78 Å². The SMILES string of the molecule is CCN(CC)C1CCN(CC2C(=O)CC(C)CC2C)C1. The highest BCUT2D eigenvalue weighted by molar-refractivity contribution is 5.82. The third-order valence-corrected chi connectivity index (χ3v) is 5.46. The van der Waals surface area contributed by atoms with Crippen molar-refractivity contribution in [3.05, 3.63) is 0 Å². The summed E-state index contributed by atoms with van der Waals surface area (Å²) < 4.78 is 0. The monoisotopic (exact) mass is 280 g/mol. The summed E-state index contributed by atoms with van der Waals surface area (Å²) in [6.07, 6.45) is 3.30. The van der Waals surface area contributed by atoms with Gasteiger partial charge in [0.25, 0.3) is 0 Å². The van der Waals surface area contributed by atoms with Crippen molar-refractivity contribution in [2.24, 2.45) is 17.8 Å². The van der Waals surface area contributed by atoms with Crippen LogP contribution in [0.15, 0.2) is 0 Å². The number of likely N-dealkylation sites (N-methyl/N-ethyl adjacent to an activating group) is 1. The van der Waals surface area contributed by atoms with Crippen molar-refractivity contribution < 1.29 is 4.79 Å². The summed E-state index contributed by atoms with van der Waals surface area (Å²) >= 11 is 0. The molecule has 0 aromatic rings. The number of likely N-dealkylation sites (tertiary alicyclic amines) is 1. The molecule has 3 heteroatoms. The molecule has 2 rings (SSSR count). The first-order chi connectivity index (χ1) is 9.55. The molecule has 1 aliphatic heterocycles. The smallest absolute Gasteiger partial charge is 0.137 e. The van der Waals surface area contributed by atoms with E-state index in [1.54, 1.807) is 0 Å². The molecule has 0 aromatic carbocycles. The van der Waals surface area contributed by atoms with Crippen LogP contribution in [0.25, 0.3) is 0 Å². The molecule has 20 heavy (non-hydrogen) atoms. The summed E-state index contributed by atoms with van der Waals surface area (Å²) in [6.45, 7) is 14.6. The Kier molecular flexibility index (Phi) is 5.62. The van der Waals surface area contributed by atoms with Crippen LogP contribution < -0.4 is 0 Å². The van der Waals surface area contributed by atoms with Gasteiger partial charge < -0.3 is 4.90 Å². The van der Waals surface area contributed by atoms with Crippen LogP contribution in [0.2, 0.25) is 0 Å². The molecular weight excluding hydrogens is 248 g/mol. The molecular formula is C17H32N2O. The number of carbonyl (C=O) groups is 1. The third-order valence-electron chi connectivity index (χ3n) is 5.46. The van der Waals surface area contributed by atoms with E-state index in [2.05, 4.69) is 37.5 Å². The van der Waals surface area contributed by atoms with Crippen LogP contribution in [0.4, 0.5) is 0 Å². The second kappa shape index (κ2) is 7.04. The average Bonchev–Trinajstić information content (AvgIpc) is 2.84. The van der Waals surface area contributed by atoms with Crippen molar-refractivity contribution in [3.8, 4) is 0 Å². The number of hydrogen-bond donors (Lipinski definition) is 0. The molecule has 1 heterocycles. The molecule has 0 aromatic heterocycles. The maximum absolute atomic E-state index is 12.3. The lowest BCUT2D eigenvalue weighted by atomic mass is 9.74. The van der Waals surface area contributed by atoms with E-state index in [1.165, 1.54) is 19.4 Å². The summed E-state index contributed by atoms with van der Waals surface area (Å²) in [5, 5.41) is 0. The van der Waals surface area contributed by atoms with Crippen LogP contribution in [0, 0.1) is 17.8 Å². The number of nitrogens with zero attached hydrogens (tertiary/aromatic N) is 2. The Morgan fingerprint density at radius 3 is 2.55 bits per heavy atom. The highest BCUT2D eigenvalue weighted by Crippen LogP contribution is 2.32. The topological polar surface area (TPSA) is 23.6 Å². The molecule has 1 saturated heterocycles. The van der Waals surface area contributed by atoms with Crippen LogP contribution >= 0.6 is 0 Å². The van der Waals surface area contributed by atoms with Gasteiger partial charge in [-0.1, -0.05) is 27.7 Å². The van der Waals surface area contributed by atoms with Gasteiger partial charge in [0.15, 0.2) is 0 Å². The molecule has 2 fully saturated rings. The van der Waals surface area contributed by atoms with E-state index in [9.17, 15) is 4.79 Å². The Labute approximate surface area is 124 Å². The molecule has 0 radical (unpaired) electrons. The second-order valence-electron chi connectivity index (χ2n) is 7.02. The summed E-state index contributed by atoms with van der Waals surface area (Å²) in [4.78, 5) is 17.4. The Hall–Kier alpha value is -0.410. The van der Waals surface area contributed by atoms with Crippen LogP contribution in [-0.2, 0) is 4.79 Å². The molecule has 4 atom stereocenters. The zero-order valence-electron chi connectivity index (χ0n) is 13.8. The van der Waals surface area contributed by atoms with Gasteiger partial charge in [-0.2, -0.15) is 0 Å². The molecule has 0 N–H and O–H groups in total. The first-order valence-electron chi connectivity index (χ1n) is 8.54. The van der Waals surface area contributed by atoms with Gasteiger partial charge in [-0.15, -0.1) is 0 Å². The number of ketones is 1. The summed E-state index contributed by atoms with van der Waals surface area (Å²) in [7, 11) is 0. The number of hydrogen-bond acceptors (Lipinski definition) is 3. The highest BCUT2D eigenvalue weighted by atomic mass is 16.1. The van der Waals surface area contributed by atoms with Gasteiger partial charge in [0.05, 0.1) is 0 Å². The van der Waals surface area contributed by atoms with E-state index < -0.39 is 0 Å². The minimum absolute atomic E-state index is 0.293. The van der Waals surface area contributed by atoms with Crippen molar-refractivity contribution in [2.75, 3.05) is 32.7 Å². The standard InChI is InChI=1S/C17H32N2O/c1-5-19(6-2)15-7-8-18(11-15)12-16-14(4)9-13(3)10-17(16)20/h13-16H,5-12H2,1-4H3. The predicted molar refractivity (Wildman–Crippen MR) is 83.8 cm³/mol. The molecule has 1 saturated carbocycles. The summed E-state index contributed by atoms with van der Waals surface area (Å²) in [5.74, 6) is 1.97. The summed E-state index contributed by atoms with van der Waals surface area (Å²) in [5.41, 5.74) is 0. The number of Topliss-reactive ketones (excluding diaryl/α,β-unsaturated/α-hetero) is 1. The van der Waals surface area contributed by atoms with Crippen LogP contribution in [0.5, 0.6) is 0 Å². The quantitative estimate of drug-likeness (QED) is 0.773. The van der Waals surface area contributed by atoms with Crippen molar-refractivity contribution in [2.45, 2.75) is 53.0 Å². The van der Waals surface area contributed by atoms with Crippen LogP contribution in [0.3, 0.4) is 0 Å². The molecule has 0 bridgehead atoms. The van der Waals surface area contributed by atoms with E-state index >= 15 is 0 Å². The van der Waals surface area contributed by atoms with Gasteiger partial charge >= 0.3 is 0 Å². The van der Waals surface area contributed by atoms with Crippen molar-refractivity contribution in [3.63, 3.8) is 0 Å². The van der Waals surface area contributed by atoms with E-state index in [1.807, 2.05) is 0 Å². The first-order valence-corrected chi connectivity index (χ1v) is 8.54. The Morgan fingerprint density at radius 1 is 1.25 bits per heavy atom. The molecule has 3 nitrogen and oxygen atoms in total. The Morgan fingerprint density at radius 2 is 1.95 bits per heavy atom. The molecule has 0 amide bonds. The zero-order valence-corrected chi connectivity index (χ0v) is 13.8. The second-order valence-corrected chi connectivity index (χ2v) is 7.02. The predicted octanol–water partition coefficient (Wildman–Crippen LogP) is 2.65. The van der Waals surface area contributed by atoms with E-state index in [0.29, 0.717) is 29.6 Å². The third kappa shape index (κ3) is 3.62. The zero-order chi connectivity index (χ0) is 14.7. The molecule has 116 valence electrons. The lowest BCUT2D eigenvalue weighted by Crippen LogP contribution is -2.41. The summed E-state index contributed by atoms with van der Waals surface area (Å²) in [6, 6.07) is 0.706. The Bertz CT molecular complexity index is 327. The van der Waals surface area contributed by atoms with Crippen molar-refractivity contribution >= 4 is 5.78 Å². The average molecular weight is 280 g/mol. The van der Waals surface area contributed by atoms with Crippen molar-refractivity contribution in [1.29, 1.82) is 0 Å². The molecule has 1 aliphatic carbocycles. The lowest BCUT2D eigenvalue weighted by molar-refractivity contribution is -0.128. The minimum atomic E-state index is 0.293. The van der Waals surface area contributed by atoms with Crippen LogP contribution in [-0.4, -0.2) is 54.3 Å². The van der Waals surface area contributed by atoms with Gasteiger partial charge in [-0.25, -0.2) is 0 Å². The number of rotatable bonds is 5. The highest BCUT2D eigenvalue weighted by Gasteiger charge is 2.35. The maximum Gasteiger partial charge on any atom is 0.137 e. The molecule has 0 spiro atoms. The first kappa shape index (κ1) is 16.0. The fraction of sp³-hybridized carbons (Fsp3) is 0.941. The van der Waals surface area contributed by atoms with Crippen molar-refractivity contribution in [1.82, 2.24) is 9.80 Å². The van der Waals surface area contributed by atoms with Gasteiger partial charge in [-0.05, 0) is 44.3 Å². The largest absolute Gasteiger partial charge is 0.301 e. The molecule has 4 unspecified atom stereocenters. The normalized spacial score (nSPS) is 36.0. The van der Waals surface area contributed by atoms with E-state index in [-0.39, 0.29) is 0 Å². The van der Waals surface area contributed by atoms with Gasteiger partial charge in [-0.3, -0.25) is 9.69 Å².